The van der Waals surface area contributed by atoms with Gasteiger partial charge in [0.1, 0.15) is 5.76 Å². The number of guanidine groups is 1. The van der Waals surface area contributed by atoms with Crippen molar-refractivity contribution < 1.29 is 14.0 Å². The van der Waals surface area contributed by atoms with Gasteiger partial charge in [-0.05, 0) is 31.9 Å². The first kappa shape index (κ1) is 23.5. The molecule has 2 aliphatic heterocycles. The fourth-order valence-electron chi connectivity index (χ4n) is 3.78. The van der Waals surface area contributed by atoms with Gasteiger partial charge < -0.3 is 25.3 Å². The number of hydrogen-bond acceptors (Lipinski definition) is 5. The lowest BCUT2D eigenvalue weighted by Gasteiger charge is -2.39. The Hall–Kier alpha value is -1.82. The molecule has 2 fully saturated rings. The van der Waals surface area contributed by atoms with Crippen molar-refractivity contribution in [3.63, 3.8) is 0 Å². The number of rotatable bonds is 5. The Morgan fingerprint density at radius 1 is 1.14 bits per heavy atom. The van der Waals surface area contributed by atoms with Crippen molar-refractivity contribution in [2.75, 3.05) is 46.3 Å². The zero-order chi connectivity index (χ0) is 20.1. The van der Waals surface area contributed by atoms with Crippen LogP contribution >= 0.6 is 24.0 Å². The molecule has 29 heavy (non-hydrogen) atoms. The van der Waals surface area contributed by atoms with Gasteiger partial charge in [-0.2, -0.15) is 0 Å². The van der Waals surface area contributed by atoms with E-state index in [0.29, 0.717) is 12.3 Å². The number of nitrogens with one attached hydrogen (secondary N) is 1. The largest absolute Gasteiger partial charge is 0.454 e. The summed E-state index contributed by atoms with van der Waals surface area (Å²) >= 11 is 0. The lowest BCUT2D eigenvalue weighted by Crippen LogP contribution is -2.57. The van der Waals surface area contributed by atoms with Crippen molar-refractivity contribution in [3.8, 4) is 0 Å². The summed E-state index contributed by atoms with van der Waals surface area (Å²) in [4.78, 5) is 34.5. The molecule has 2 amide bonds. The maximum Gasteiger partial charge on any atom is 0.284 e. The Bertz CT molecular complexity index is 723. The van der Waals surface area contributed by atoms with Crippen LogP contribution in [0, 0.1) is 0 Å². The quantitative estimate of drug-likeness (QED) is 0.338. The monoisotopic (exact) mass is 518 g/mol. The summed E-state index contributed by atoms with van der Waals surface area (Å²) in [5.41, 5.74) is 5.21. The third-order valence-electron chi connectivity index (χ3n) is 5.47. The predicted octanol–water partition coefficient (Wildman–Crippen LogP) is 0.700. The van der Waals surface area contributed by atoms with E-state index in [9.17, 15) is 9.59 Å². The number of halogens is 1. The topological polar surface area (TPSA) is 107 Å². The Morgan fingerprint density at radius 3 is 2.34 bits per heavy atom. The number of carbonyl (C=O) groups is 2. The SMILES string of the molecule is CN=C(NCc1ccc(C(N)=O)o1)N1CCN(C(C)C(=O)N2CCCC2)CC1.I. The summed E-state index contributed by atoms with van der Waals surface area (Å²) < 4.78 is 5.39. The number of piperazine rings is 1. The van der Waals surface area contributed by atoms with Crippen molar-refractivity contribution in [1.29, 1.82) is 0 Å². The van der Waals surface area contributed by atoms with Gasteiger partial charge >= 0.3 is 0 Å². The highest BCUT2D eigenvalue weighted by Crippen LogP contribution is 2.14. The number of furan rings is 1. The number of primary amides is 1. The molecule has 10 heteroatoms. The third-order valence-corrected chi connectivity index (χ3v) is 5.47. The van der Waals surface area contributed by atoms with Crippen LogP contribution in [0.25, 0.3) is 0 Å². The molecule has 3 rings (SSSR count). The van der Waals surface area contributed by atoms with Crippen molar-refractivity contribution in [1.82, 2.24) is 20.0 Å². The summed E-state index contributed by atoms with van der Waals surface area (Å²) in [5.74, 6) is 1.21. The van der Waals surface area contributed by atoms with E-state index in [4.69, 9.17) is 10.2 Å². The van der Waals surface area contributed by atoms with Gasteiger partial charge in [0.25, 0.3) is 5.91 Å². The normalized spacial score (nSPS) is 19.0. The Kier molecular flexibility index (Phi) is 8.75. The van der Waals surface area contributed by atoms with Crippen molar-refractivity contribution >= 4 is 41.8 Å². The number of likely N-dealkylation sites (tertiary alicyclic amines) is 1. The van der Waals surface area contributed by atoms with Crippen LogP contribution in [-0.4, -0.2) is 84.8 Å². The van der Waals surface area contributed by atoms with E-state index in [1.165, 1.54) is 0 Å². The molecule has 162 valence electrons. The fraction of sp³-hybridized carbons (Fsp3) is 0.632. The minimum absolute atomic E-state index is 0. The molecule has 2 aliphatic rings. The van der Waals surface area contributed by atoms with Crippen LogP contribution in [0.4, 0.5) is 0 Å². The number of nitrogens with zero attached hydrogens (tertiary/aromatic N) is 4. The van der Waals surface area contributed by atoms with E-state index >= 15 is 0 Å². The molecule has 3 heterocycles. The molecule has 1 aromatic heterocycles. The van der Waals surface area contributed by atoms with Crippen LogP contribution < -0.4 is 11.1 Å². The smallest absolute Gasteiger partial charge is 0.284 e. The number of nitrogens with two attached hydrogens (primary N) is 1. The summed E-state index contributed by atoms with van der Waals surface area (Å²) in [7, 11) is 1.74. The van der Waals surface area contributed by atoms with Crippen LogP contribution in [0.2, 0.25) is 0 Å². The van der Waals surface area contributed by atoms with Crippen LogP contribution in [-0.2, 0) is 11.3 Å². The maximum absolute atomic E-state index is 12.6. The molecule has 0 aliphatic carbocycles. The molecule has 0 aromatic carbocycles. The van der Waals surface area contributed by atoms with Crippen LogP contribution in [0.1, 0.15) is 36.1 Å². The Labute approximate surface area is 188 Å². The minimum Gasteiger partial charge on any atom is -0.454 e. The first-order valence-corrected chi connectivity index (χ1v) is 9.86. The molecule has 1 unspecified atom stereocenters. The standard InChI is InChI=1S/C19H30N6O3.HI/c1-14(18(27)24-7-3-4-8-24)23-9-11-25(12-10-23)19(21-2)22-13-15-5-6-16(28-15)17(20)26;/h5-6,14H,3-4,7-13H2,1-2H3,(H2,20,26)(H,21,22);1H. The summed E-state index contributed by atoms with van der Waals surface area (Å²) in [5, 5.41) is 3.26. The second-order valence-corrected chi connectivity index (χ2v) is 7.26. The molecular formula is C19H31IN6O3. The van der Waals surface area contributed by atoms with Gasteiger partial charge in [-0.3, -0.25) is 19.5 Å². The Morgan fingerprint density at radius 2 is 1.79 bits per heavy atom. The molecule has 0 bridgehead atoms. The molecule has 2 saturated heterocycles. The van der Waals surface area contributed by atoms with Gasteiger partial charge in [0.05, 0.1) is 12.6 Å². The first-order valence-electron chi connectivity index (χ1n) is 9.86. The molecule has 0 saturated carbocycles. The predicted molar refractivity (Wildman–Crippen MR) is 121 cm³/mol. The minimum atomic E-state index is -0.579. The molecule has 0 radical (unpaired) electrons. The number of carbonyl (C=O) groups excluding carboxylic acids is 2. The molecular weight excluding hydrogens is 487 g/mol. The van der Waals surface area contributed by atoms with Crippen molar-refractivity contribution in [3.05, 3.63) is 23.7 Å². The molecule has 0 spiro atoms. The van der Waals surface area contributed by atoms with Gasteiger partial charge in [0.15, 0.2) is 11.7 Å². The highest BCUT2D eigenvalue weighted by atomic mass is 127. The maximum atomic E-state index is 12.6. The van der Waals surface area contributed by atoms with Crippen LogP contribution in [0.5, 0.6) is 0 Å². The van der Waals surface area contributed by atoms with E-state index in [0.717, 1.165) is 58.1 Å². The molecule has 1 aromatic rings. The number of hydrogen-bond donors (Lipinski definition) is 2. The summed E-state index contributed by atoms with van der Waals surface area (Å²) in [6, 6.07) is 3.22. The lowest BCUT2D eigenvalue weighted by molar-refractivity contribution is -0.135. The molecule has 3 N–H and O–H groups in total. The van der Waals surface area contributed by atoms with E-state index in [2.05, 4.69) is 20.1 Å². The first-order chi connectivity index (χ1) is 13.5. The van der Waals surface area contributed by atoms with E-state index in [1.807, 2.05) is 11.8 Å². The molecule has 1 atom stereocenters. The average Bonchev–Trinajstić information content (AvgIpc) is 3.40. The Balaban J connectivity index is 0.00000300. The zero-order valence-electron chi connectivity index (χ0n) is 17.1. The van der Waals surface area contributed by atoms with Gasteiger partial charge in [-0.1, -0.05) is 0 Å². The average molecular weight is 518 g/mol. The van der Waals surface area contributed by atoms with Gasteiger partial charge in [-0.15, -0.1) is 24.0 Å². The van der Waals surface area contributed by atoms with E-state index < -0.39 is 5.91 Å². The van der Waals surface area contributed by atoms with Gasteiger partial charge in [-0.25, -0.2) is 0 Å². The third kappa shape index (κ3) is 5.84. The van der Waals surface area contributed by atoms with Gasteiger partial charge in [0, 0.05) is 46.3 Å². The second kappa shape index (κ2) is 10.8. The lowest BCUT2D eigenvalue weighted by atomic mass is 10.2. The van der Waals surface area contributed by atoms with E-state index in [1.54, 1.807) is 19.2 Å². The highest BCUT2D eigenvalue weighted by Gasteiger charge is 2.30. The van der Waals surface area contributed by atoms with Gasteiger partial charge in [0.2, 0.25) is 5.91 Å². The van der Waals surface area contributed by atoms with Crippen LogP contribution in [0.3, 0.4) is 0 Å². The van der Waals surface area contributed by atoms with Crippen molar-refractivity contribution in [2.45, 2.75) is 32.4 Å². The van der Waals surface area contributed by atoms with E-state index in [-0.39, 0.29) is 41.7 Å². The zero-order valence-corrected chi connectivity index (χ0v) is 19.4. The second-order valence-electron chi connectivity index (χ2n) is 7.26. The number of aliphatic imine (C=N–C) groups is 1. The highest BCUT2D eigenvalue weighted by molar-refractivity contribution is 14.0. The van der Waals surface area contributed by atoms with Crippen LogP contribution in [0.15, 0.2) is 21.5 Å². The fourth-order valence-corrected chi connectivity index (χ4v) is 3.78. The summed E-state index contributed by atoms with van der Waals surface area (Å²) in [6.45, 7) is 7.43. The molecule has 9 nitrogen and oxygen atoms in total. The van der Waals surface area contributed by atoms with Crippen molar-refractivity contribution in [2.24, 2.45) is 10.7 Å². The number of amides is 2. The summed E-state index contributed by atoms with van der Waals surface area (Å²) in [6.07, 6.45) is 2.23.